The average Bonchev–Trinajstić information content (AvgIpc) is 3.06. The number of anilines is 2. The molecule has 49 heavy (non-hydrogen) atoms. The van der Waals surface area contributed by atoms with Gasteiger partial charge in [0.25, 0.3) is 5.91 Å². The zero-order valence-corrected chi connectivity index (χ0v) is 28.4. The van der Waals surface area contributed by atoms with Crippen LogP contribution >= 0.6 is 11.6 Å². The molecule has 0 aliphatic carbocycles. The van der Waals surface area contributed by atoms with Crippen molar-refractivity contribution in [1.82, 2.24) is 9.88 Å². The lowest BCUT2D eigenvalue weighted by Gasteiger charge is -2.32. The second-order valence-electron chi connectivity index (χ2n) is 11.7. The van der Waals surface area contributed by atoms with Crippen molar-refractivity contribution in [2.24, 2.45) is 0 Å². The highest BCUT2D eigenvalue weighted by Crippen LogP contribution is 2.38. The summed E-state index contributed by atoms with van der Waals surface area (Å²) in [7, 11) is 3.00. The highest BCUT2D eigenvalue weighted by atomic mass is 35.5. The summed E-state index contributed by atoms with van der Waals surface area (Å²) in [5.74, 6) is 0.0272. The van der Waals surface area contributed by atoms with Crippen LogP contribution in [0.4, 0.5) is 16.3 Å². The number of amides is 3. The Labute approximate surface area is 289 Å². The van der Waals surface area contributed by atoms with E-state index in [1.54, 1.807) is 93.6 Å². The van der Waals surface area contributed by atoms with Crippen molar-refractivity contribution in [3.8, 4) is 40.0 Å². The van der Waals surface area contributed by atoms with Gasteiger partial charge in [0.1, 0.15) is 23.1 Å². The van der Waals surface area contributed by atoms with Crippen LogP contribution in [-0.2, 0) is 9.53 Å². The number of aromatic nitrogens is 1. The Kier molecular flexibility index (Phi) is 11.8. The van der Waals surface area contributed by atoms with Crippen LogP contribution in [-0.4, -0.2) is 66.0 Å². The quantitative estimate of drug-likeness (QED) is 0.130. The Bertz CT molecular complexity index is 1880. The van der Waals surface area contributed by atoms with Crippen LogP contribution in [0.2, 0.25) is 5.02 Å². The molecule has 13 heteroatoms. The zero-order chi connectivity index (χ0) is 35.7. The van der Waals surface area contributed by atoms with Crippen LogP contribution in [0.3, 0.4) is 0 Å². The molecule has 0 atom stereocenters. The molecule has 0 radical (unpaired) electrons. The highest BCUT2D eigenvalue weighted by Gasteiger charge is 2.26. The molecule has 0 bridgehead atoms. The van der Waals surface area contributed by atoms with Crippen molar-refractivity contribution in [2.75, 3.05) is 38.2 Å². The van der Waals surface area contributed by atoms with Crippen molar-refractivity contribution in [1.29, 1.82) is 5.26 Å². The molecule has 1 aromatic heterocycles. The summed E-state index contributed by atoms with van der Waals surface area (Å²) in [5.41, 5.74) is 1.93. The SMILES string of the molecule is COCOc1cc(Cl)ccc1-c1cc(-c2cccc(NC(=O)CCN(C(=O)O)C(C)(C)C)c2)c(C#N)c(NC(=O)c2ccc(OC)cc2)n1. The van der Waals surface area contributed by atoms with Gasteiger partial charge in [-0.25, -0.2) is 9.78 Å². The monoisotopic (exact) mass is 685 g/mol. The van der Waals surface area contributed by atoms with E-state index in [0.717, 1.165) is 0 Å². The van der Waals surface area contributed by atoms with Gasteiger partial charge in [0.2, 0.25) is 5.91 Å². The van der Waals surface area contributed by atoms with E-state index in [0.29, 0.717) is 50.2 Å². The highest BCUT2D eigenvalue weighted by molar-refractivity contribution is 6.30. The first-order chi connectivity index (χ1) is 23.3. The van der Waals surface area contributed by atoms with Crippen molar-refractivity contribution in [3.63, 3.8) is 0 Å². The maximum absolute atomic E-state index is 13.4. The Balaban J connectivity index is 1.77. The van der Waals surface area contributed by atoms with Crippen LogP contribution < -0.4 is 20.1 Å². The predicted octanol–water partition coefficient (Wildman–Crippen LogP) is 7.29. The van der Waals surface area contributed by atoms with E-state index in [4.69, 9.17) is 25.8 Å². The fourth-order valence-corrected chi connectivity index (χ4v) is 5.07. The molecule has 4 aromatic rings. The first-order valence-electron chi connectivity index (χ1n) is 15.1. The van der Waals surface area contributed by atoms with E-state index in [-0.39, 0.29) is 31.1 Å². The van der Waals surface area contributed by atoms with Gasteiger partial charge in [0.15, 0.2) is 12.6 Å². The first-order valence-corrected chi connectivity index (χ1v) is 15.5. The summed E-state index contributed by atoms with van der Waals surface area (Å²) in [6, 6.07) is 22.1. The summed E-state index contributed by atoms with van der Waals surface area (Å²) in [4.78, 5) is 43.9. The lowest BCUT2D eigenvalue weighted by atomic mass is 9.97. The number of carbonyl (C=O) groups excluding carboxylic acids is 2. The van der Waals surface area contributed by atoms with Crippen LogP contribution in [0.25, 0.3) is 22.4 Å². The van der Waals surface area contributed by atoms with E-state index >= 15 is 0 Å². The number of pyridine rings is 1. The van der Waals surface area contributed by atoms with Gasteiger partial charge in [-0.3, -0.25) is 9.59 Å². The van der Waals surface area contributed by atoms with E-state index in [9.17, 15) is 24.8 Å². The molecule has 0 unspecified atom stereocenters. The maximum atomic E-state index is 13.4. The molecule has 12 nitrogen and oxygen atoms in total. The molecule has 0 saturated carbocycles. The molecular formula is C36H36ClN5O7. The molecule has 0 spiro atoms. The number of carbonyl (C=O) groups is 3. The second kappa shape index (κ2) is 16.0. The third-order valence-electron chi connectivity index (χ3n) is 7.33. The summed E-state index contributed by atoms with van der Waals surface area (Å²) in [5, 5.41) is 26.0. The first kappa shape index (κ1) is 36.2. The number of benzene rings is 3. The standard InChI is InChI=1S/C36H36ClN5O7/c1-36(2,3)42(35(45)46)16-15-32(43)39-25-8-6-7-23(17-25)28-19-30(27-14-11-24(37)18-31(27)49-21-47-4)40-33(29(28)20-38)41-34(44)22-9-12-26(48-5)13-10-22/h6-14,17-19H,15-16,21H2,1-5H3,(H,39,43)(H,45,46)(H,40,41,44). The topological polar surface area (TPSA) is 163 Å². The van der Waals surface area contributed by atoms with Gasteiger partial charge in [-0.05, 0) is 87.0 Å². The number of methoxy groups -OCH3 is 2. The molecule has 3 amide bonds. The molecule has 1 heterocycles. The number of nitrogens with zero attached hydrogens (tertiary/aromatic N) is 3. The normalized spacial score (nSPS) is 10.9. The van der Waals surface area contributed by atoms with Crippen molar-refractivity contribution < 1.29 is 33.7 Å². The fourth-order valence-electron chi connectivity index (χ4n) is 4.91. The molecule has 0 fully saturated rings. The van der Waals surface area contributed by atoms with Crippen LogP contribution in [0.5, 0.6) is 11.5 Å². The Hall–Kier alpha value is -5.64. The third-order valence-corrected chi connectivity index (χ3v) is 7.56. The minimum atomic E-state index is -1.12. The number of ether oxygens (including phenoxy) is 3. The van der Waals surface area contributed by atoms with Crippen LogP contribution in [0.1, 0.15) is 43.1 Å². The molecule has 3 N–H and O–H groups in total. The summed E-state index contributed by atoms with van der Waals surface area (Å²) in [6.07, 6.45) is -1.19. The largest absolute Gasteiger partial charge is 0.497 e. The maximum Gasteiger partial charge on any atom is 0.407 e. The van der Waals surface area contributed by atoms with E-state index in [2.05, 4.69) is 21.7 Å². The second-order valence-corrected chi connectivity index (χ2v) is 12.2. The van der Waals surface area contributed by atoms with Crippen molar-refractivity contribution >= 4 is 41.0 Å². The number of rotatable bonds is 12. The number of hydrogen-bond donors (Lipinski definition) is 3. The zero-order valence-electron chi connectivity index (χ0n) is 27.7. The number of nitriles is 1. The average molecular weight is 686 g/mol. The lowest BCUT2D eigenvalue weighted by Crippen LogP contribution is -2.46. The summed E-state index contributed by atoms with van der Waals surface area (Å²) >= 11 is 6.27. The predicted molar refractivity (Wildman–Crippen MR) is 186 cm³/mol. The Morgan fingerprint density at radius 2 is 1.71 bits per heavy atom. The molecule has 4 rings (SSSR count). The lowest BCUT2D eigenvalue weighted by molar-refractivity contribution is -0.116. The number of carboxylic acid groups (broad SMARTS) is 1. The molecular weight excluding hydrogens is 650 g/mol. The number of halogens is 1. The molecule has 0 aliphatic rings. The summed E-state index contributed by atoms with van der Waals surface area (Å²) in [6.45, 7) is 5.19. The van der Waals surface area contributed by atoms with Crippen LogP contribution in [0, 0.1) is 11.3 Å². The van der Waals surface area contributed by atoms with Gasteiger partial charge < -0.3 is 34.9 Å². The smallest absolute Gasteiger partial charge is 0.407 e. The molecule has 0 aliphatic heterocycles. The molecule has 3 aromatic carbocycles. The number of hydrogen-bond acceptors (Lipinski definition) is 8. The third kappa shape index (κ3) is 9.25. The van der Waals surface area contributed by atoms with E-state index in [1.165, 1.54) is 19.1 Å². The fraction of sp³-hybridized carbons (Fsp3) is 0.250. The van der Waals surface area contributed by atoms with E-state index in [1.807, 2.05) is 0 Å². The Morgan fingerprint density at radius 1 is 0.980 bits per heavy atom. The Morgan fingerprint density at radius 3 is 2.35 bits per heavy atom. The van der Waals surface area contributed by atoms with E-state index < -0.39 is 23.4 Å². The van der Waals surface area contributed by atoms with Crippen molar-refractivity contribution in [2.45, 2.75) is 32.7 Å². The van der Waals surface area contributed by atoms with Gasteiger partial charge in [-0.1, -0.05) is 23.7 Å². The summed E-state index contributed by atoms with van der Waals surface area (Å²) < 4.78 is 16.1. The van der Waals surface area contributed by atoms with Crippen molar-refractivity contribution in [3.05, 3.63) is 88.9 Å². The van der Waals surface area contributed by atoms with Gasteiger partial charge >= 0.3 is 6.09 Å². The molecule has 0 saturated heterocycles. The van der Waals surface area contributed by atoms with Gasteiger partial charge in [0.05, 0.1) is 12.8 Å². The number of nitrogens with one attached hydrogen (secondary N) is 2. The minimum Gasteiger partial charge on any atom is -0.497 e. The van der Waals surface area contributed by atoms with Crippen LogP contribution in [0.15, 0.2) is 72.8 Å². The molecule has 254 valence electrons. The minimum absolute atomic E-state index is 0.00245. The van der Waals surface area contributed by atoms with Gasteiger partial charge in [-0.15, -0.1) is 0 Å². The van der Waals surface area contributed by atoms with Gasteiger partial charge in [-0.2, -0.15) is 5.26 Å². The van der Waals surface area contributed by atoms with Gasteiger partial charge in [0, 0.05) is 53.0 Å².